The lowest BCUT2D eigenvalue weighted by atomic mass is 10.1. The normalized spacial score (nSPS) is 12.3. The summed E-state index contributed by atoms with van der Waals surface area (Å²) in [5.74, 6) is -1.89. The number of benzene rings is 3. The first-order chi connectivity index (χ1) is 21.2. The highest BCUT2D eigenvalue weighted by molar-refractivity contribution is 7.90. The second-order valence-corrected chi connectivity index (χ2v) is 11.7. The lowest BCUT2D eigenvalue weighted by molar-refractivity contribution is -0.141. The molecule has 1 atom stereocenters. The Labute approximate surface area is 257 Å². The number of nitrogens with one attached hydrogen (secondary N) is 4. The average molecular weight is 642 g/mol. The van der Waals surface area contributed by atoms with Crippen molar-refractivity contribution in [1.82, 2.24) is 25.1 Å². The molecule has 11 nitrogen and oxygen atoms in total. The van der Waals surface area contributed by atoms with E-state index in [0.29, 0.717) is 5.56 Å². The topological polar surface area (TPSA) is 172 Å². The van der Waals surface area contributed by atoms with Gasteiger partial charge in [-0.05, 0) is 62.2 Å². The third-order valence-electron chi connectivity index (χ3n) is 6.62. The summed E-state index contributed by atoms with van der Waals surface area (Å²) in [6.45, 7) is 2.04. The van der Waals surface area contributed by atoms with E-state index < -0.39 is 39.7 Å². The van der Waals surface area contributed by atoms with Crippen LogP contribution in [0.1, 0.15) is 34.5 Å². The summed E-state index contributed by atoms with van der Waals surface area (Å²) in [7, 11) is -4.46. The first-order valence-electron chi connectivity index (χ1n) is 13.6. The molecule has 3 aromatic carbocycles. The monoisotopic (exact) mass is 641 g/mol. The molecule has 0 saturated heterocycles. The fraction of sp³-hybridized carbons (Fsp3) is 0.200. The van der Waals surface area contributed by atoms with Gasteiger partial charge in [0.15, 0.2) is 11.7 Å². The molecule has 4 aromatic rings. The van der Waals surface area contributed by atoms with Crippen molar-refractivity contribution in [2.45, 2.75) is 36.9 Å². The summed E-state index contributed by atoms with van der Waals surface area (Å²) in [4.78, 5) is 25.5. The van der Waals surface area contributed by atoms with Crippen LogP contribution in [0, 0.1) is 12.3 Å². The van der Waals surface area contributed by atoms with Crippen LogP contribution in [0.25, 0.3) is 16.9 Å². The number of aryl methyl sites for hydroxylation is 1. The lowest BCUT2D eigenvalue weighted by Gasteiger charge is -2.19. The van der Waals surface area contributed by atoms with Gasteiger partial charge >= 0.3 is 6.18 Å². The van der Waals surface area contributed by atoms with Gasteiger partial charge in [-0.15, -0.1) is 0 Å². The highest BCUT2D eigenvalue weighted by Crippen LogP contribution is 2.33. The number of aromatic nitrogens is 2. The van der Waals surface area contributed by atoms with Gasteiger partial charge in [-0.3, -0.25) is 15.0 Å². The molecule has 0 unspecified atom stereocenters. The summed E-state index contributed by atoms with van der Waals surface area (Å²) in [5.41, 5.74) is 6.08. The van der Waals surface area contributed by atoms with Crippen LogP contribution in [-0.4, -0.2) is 48.6 Å². The molecule has 0 aliphatic carbocycles. The number of guanidine groups is 1. The van der Waals surface area contributed by atoms with Crippen molar-refractivity contribution < 1.29 is 31.2 Å². The molecule has 2 amide bonds. The van der Waals surface area contributed by atoms with Gasteiger partial charge in [0, 0.05) is 17.7 Å². The molecule has 0 aliphatic heterocycles. The molecule has 6 N–H and O–H groups in total. The van der Waals surface area contributed by atoms with Crippen LogP contribution < -0.4 is 21.1 Å². The van der Waals surface area contributed by atoms with Crippen LogP contribution in [0.3, 0.4) is 0 Å². The van der Waals surface area contributed by atoms with Gasteiger partial charge in [-0.1, -0.05) is 48.0 Å². The maximum absolute atomic E-state index is 13.6. The SMILES string of the molecule is Cc1ccc(-c2cc(C(F)(F)F)nn2-c2ccc(S(=O)(=O)NC(=O)[C@H](CCCNC(=N)N)NC(=O)c3ccccc3)cc2)cc1. The highest BCUT2D eigenvalue weighted by atomic mass is 32.2. The number of carbonyl (C=O) groups is 2. The Hall–Kier alpha value is -5.18. The number of nitrogens with two attached hydrogens (primary N) is 1. The number of hydrogen-bond donors (Lipinski definition) is 5. The first-order valence-corrected chi connectivity index (χ1v) is 15.1. The minimum atomic E-state index is -4.72. The van der Waals surface area contributed by atoms with E-state index in [4.69, 9.17) is 11.1 Å². The van der Waals surface area contributed by atoms with E-state index in [1.165, 1.54) is 24.3 Å². The molecule has 1 heterocycles. The van der Waals surface area contributed by atoms with Crippen molar-refractivity contribution in [3.05, 3.63) is 102 Å². The van der Waals surface area contributed by atoms with Crippen LogP contribution in [0.15, 0.2) is 89.8 Å². The largest absolute Gasteiger partial charge is 0.435 e. The van der Waals surface area contributed by atoms with E-state index in [1.807, 2.05) is 11.6 Å². The fourth-order valence-corrected chi connectivity index (χ4v) is 5.32. The van der Waals surface area contributed by atoms with Crippen LogP contribution in [0.2, 0.25) is 0 Å². The van der Waals surface area contributed by atoms with E-state index in [2.05, 4.69) is 15.7 Å². The third kappa shape index (κ3) is 8.47. The molecule has 0 bridgehead atoms. The summed E-state index contributed by atoms with van der Waals surface area (Å²) >= 11 is 0. The predicted molar refractivity (Wildman–Crippen MR) is 161 cm³/mol. The molecule has 1 aromatic heterocycles. The number of nitrogens with zero attached hydrogens (tertiary/aromatic N) is 2. The zero-order valence-corrected chi connectivity index (χ0v) is 24.7. The summed E-state index contributed by atoms with van der Waals surface area (Å²) in [6.07, 6.45) is -4.44. The Morgan fingerprint density at radius 1 is 1.00 bits per heavy atom. The quantitative estimate of drug-likeness (QED) is 0.0943. The molecule has 0 aliphatic rings. The van der Waals surface area contributed by atoms with Crippen LogP contribution in [-0.2, 0) is 21.0 Å². The highest BCUT2D eigenvalue weighted by Gasteiger charge is 2.35. The van der Waals surface area contributed by atoms with Crippen molar-refractivity contribution in [3.63, 3.8) is 0 Å². The molecule has 15 heteroatoms. The van der Waals surface area contributed by atoms with Gasteiger partial charge in [0.2, 0.25) is 0 Å². The maximum Gasteiger partial charge on any atom is 0.435 e. The number of carbonyl (C=O) groups excluding carboxylic acids is 2. The minimum Gasteiger partial charge on any atom is -0.370 e. The molecule has 45 heavy (non-hydrogen) atoms. The Balaban J connectivity index is 1.56. The van der Waals surface area contributed by atoms with Crippen molar-refractivity contribution in [2.75, 3.05) is 6.54 Å². The Kier molecular flexibility index (Phi) is 9.91. The zero-order chi connectivity index (χ0) is 32.8. The number of halogens is 3. The Morgan fingerprint density at radius 3 is 2.24 bits per heavy atom. The van der Waals surface area contributed by atoms with Gasteiger partial charge in [0.25, 0.3) is 21.8 Å². The van der Waals surface area contributed by atoms with Crippen LogP contribution in [0.5, 0.6) is 0 Å². The number of amides is 2. The summed E-state index contributed by atoms with van der Waals surface area (Å²) in [6, 6.07) is 19.3. The molecule has 236 valence electrons. The van der Waals surface area contributed by atoms with Gasteiger partial charge in [0.05, 0.1) is 16.3 Å². The van der Waals surface area contributed by atoms with E-state index in [9.17, 15) is 31.2 Å². The molecule has 0 fully saturated rings. The number of rotatable bonds is 11. The third-order valence-corrected chi connectivity index (χ3v) is 7.98. The maximum atomic E-state index is 13.6. The zero-order valence-electron chi connectivity index (χ0n) is 23.9. The van der Waals surface area contributed by atoms with Crippen molar-refractivity contribution >= 4 is 27.8 Å². The summed E-state index contributed by atoms with van der Waals surface area (Å²) in [5, 5.41) is 16.1. The molecular formula is C30H30F3N7O4S. The number of alkyl halides is 3. The fourth-order valence-electron chi connectivity index (χ4n) is 4.30. The van der Waals surface area contributed by atoms with Crippen molar-refractivity contribution in [3.8, 4) is 16.9 Å². The Morgan fingerprint density at radius 2 is 1.64 bits per heavy atom. The summed E-state index contributed by atoms with van der Waals surface area (Å²) < 4.78 is 70.0. The molecule has 0 spiro atoms. The minimum absolute atomic E-state index is 0.0156. The predicted octanol–water partition coefficient (Wildman–Crippen LogP) is 3.73. The van der Waals surface area contributed by atoms with E-state index in [1.54, 1.807) is 42.5 Å². The van der Waals surface area contributed by atoms with Gasteiger partial charge in [-0.2, -0.15) is 18.3 Å². The standard InChI is InChI=1S/C30H30F3N7O4S/c1-19-9-11-20(12-10-19)25-18-26(30(31,32)33)38-40(25)22-13-15-23(16-14-22)45(43,44)39-28(42)24(8-5-17-36-29(34)35)37-27(41)21-6-3-2-4-7-21/h2-4,6-7,9-16,18,24H,5,8,17H2,1H3,(H,37,41)(H,39,42)(H4,34,35,36)/t24-/m0/s1. The lowest BCUT2D eigenvalue weighted by Crippen LogP contribution is -2.48. The van der Waals surface area contributed by atoms with E-state index in [-0.39, 0.29) is 47.2 Å². The van der Waals surface area contributed by atoms with Gasteiger partial charge < -0.3 is 16.4 Å². The number of sulfonamides is 1. The second kappa shape index (κ2) is 13.6. The van der Waals surface area contributed by atoms with Gasteiger partial charge in [-0.25, -0.2) is 17.8 Å². The second-order valence-electron chi connectivity index (χ2n) is 10.0. The van der Waals surface area contributed by atoms with E-state index >= 15 is 0 Å². The molecule has 0 radical (unpaired) electrons. The van der Waals surface area contributed by atoms with Crippen LogP contribution >= 0.6 is 0 Å². The van der Waals surface area contributed by atoms with Crippen molar-refractivity contribution in [2.24, 2.45) is 5.73 Å². The van der Waals surface area contributed by atoms with Gasteiger partial charge in [0.1, 0.15) is 6.04 Å². The van der Waals surface area contributed by atoms with Crippen LogP contribution in [0.4, 0.5) is 13.2 Å². The smallest absolute Gasteiger partial charge is 0.370 e. The molecule has 4 rings (SSSR count). The van der Waals surface area contributed by atoms with Crippen molar-refractivity contribution in [1.29, 1.82) is 5.41 Å². The first kappa shape index (κ1) is 32.7. The molecular weight excluding hydrogens is 611 g/mol. The number of hydrogen-bond acceptors (Lipinski definition) is 6. The Bertz CT molecular complexity index is 1770. The van der Waals surface area contributed by atoms with E-state index in [0.717, 1.165) is 28.4 Å². The average Bonchev–Trinajstić information content (AvgIpc) is 3.45. The molecule has 0 saturated carbocycles.